The number of halogens is 4. The predicted octanol–water partition coefficient (Wildman–Crippen LogP) is 6.50. The summed E-state index contributed by atoms with van der Waals surface area (Å²) in [5, 5.41) is 9.65. The number of thioether (sulfide) groups is 1. The van der Waals surface area contributed by atoms with Crippen LogP contribution in [0.2, 0.25) is 10.0 Å². The van der Waals surface area contributed by atoms with Crippen LogP contribution in [0.3, 0.4) is 0 Å². The third-order valence-electron chi connectivity index (χ3n) is 5.39. The van der Waals surface area contributed by atoms with Crippen molar-refractivity contribution in [3.8, 4) is 17.1 Å². The standard InChI is InChI=1S/C24H16Cl2F2N4O2S/c25-16-7-1-13(2-8-16)19-21(20(33)14-5-11-18(12-6-14)34-23(27)28)35-24-30-29-22(32(24)31-19)15-3-9-17(26)10-4-15/h1-12,19,21,23,31H/t19-,21-/m1/s1. The Balaban J connectivity index is 1.51. The molecule has 4 aromatic rings. The van der Waals surface area contributed by atoms with Crippen molar-refractivity contribution >= 4 is 40.7 Å². The van der Waals surface area contributed by atoms with Crippen molar-refractivity contribution in [3.05, 3.63) is 94.0 Å². The van der Waals surface area contributed by atoms with Gasteiger partial charge in [-0.25, -0.2) is 4.68 Å². The lowest BCUT2D eigenvalue weighted by atomic mass is 9.97. The van der Waals surface area contributed by atoms with Crippen LogP contribution in [0.25, 0.3) is 11.4 Å². The first kappa shape index (κ1) is 23.6. The molecule has 0 aliphatic carbocycles. The van der Waals surface area contributed by atoms with Gasteiger partial charge in [-0.1, -0.05) is 47.1 Å². The first-order valence-electron chi connectivity index (χ1n) is 10.4. The summed E-state index contributed by atoms with van der Waals surface area (Å²) in [7, 11) is 0. The van der Waals surface area contributed by atoms with Crippen LogP contribution < -0.4 is 10.2 Å². The van der Waals surface area contributed by atoms with Gasteiger partial charge in [-0.3, -0.25) is 4.79 Å². The monoisotopic (exact) mass is 532 g/mol. The van der Waals surface area contributed by atoms with E-state index in [1.54, 1.807) is 28.9 Å². The van der Waals surface area contributed by atoms with E-state index in [2.05, 4.69) is 20.4 Å². The lowest BCUT2D eigenvalue weighted by Crippen LogP contribution is -2.39. The number of ketones is 1. The highest BCUT2D eigenvalue weighted by Gasteiger charge is 2.38. The highest BCUT2D eigenvalue weighted by atomic mass is 35.5. The van der Waals surface area contributed by atoms with Gasteiger partial charge in [0.25, 0.3) is 0 Å². The predicted molar refractivity (Wildman–Crippen MR) is 131 cm³/mol. The zero-order valence-electron chi connectivity index (χ0n) is 17.7. The SMILES string of the molecule is O=C(c1ccc(OC(F)F)cc1)[C@@H]1Sc2nnc(-c3ccc(Cl)cc3)n2N[C@@H]1c1ccc(Cl)cc1. The maximum absolute atomic E-state index is 13.6. The molecule has 11 heteroatoms. The van der Waals surface area contributed by atoms with Crippen LogP contribution in [-0.2, 0) is 0 Å². The van der Waals surface area contributed by atoms with Gasteiger partial charge in [0.05, 0.1) is 6.04 Å². The van der Waals surface area contributed by atoms with Crippen LogP contribution in [0, 0.1) is 0 Å². The lowest BCUT2D eigenvalue weighted by molar-refractivity contribution is -0.0498. The fraction of sp³-hybridized carbons (Fsp3) is 0.125. The zero-order valence-corrected chi connectivity index (χ0v) is 20.1. The van der Waals surface area contributed by atoms with Gasteiger partial charge in [0.2, 0.25) is 5.16 Å². The number of carbonyl (C=O) groups excluding carboxylic acids is 1. The quantitative estimate of drug-likeness (QED) is 0.286. The number of hydrogen-bond donors (Lipinski definition) is 1. The summed E-state index contributed by atoms with van der Waals surface area (Å²) < 4.78 is 31.1. The van der Waals surface area contributed by atoms with Gasteiger partial charge in [-0.15, -0.1) is 10.2 Å². The Morgan fingerprint density at radius 2 is 1.57 bits per heavy atom. The summed E-state index contributed by atoms with van der Waals surface area (Å²) in [5.74, 6) is 0.350. The van der Waals surface area contributed by atoms with E-state index in [1.165, 1.54) is 36.0 Å². The maximum atomic E-state index is 13.6. The Morgan fingerprint density at radius 3 is 2.20 bits per heavy atom. The second kappa shape index (κ2) is 9.85. The van der Waals surface area contributed by atoms with Gasteiger partial charge >= 0.3 is 6.61 Å². The summed E-state index contributed by atoms with van der Waals surface area (Å²) in [6, 6.07) is 19.6. The smallest absolute Gasteiger partial charge is 0.387 e. The lowest BCUT2D eigenvalue weighted by Gasteiger charge is -2.33. The second-order valence-corrected chi connectivity index (χ2v) is 9.59. The minimum absolute atomic E-state index is 0.0208. The van der Waals surface area contributed by atoms with Crippen LogP contribution in [0.15, 0.2) is 78.0 Å². The van der Waals surface area contributed by atoms with Crippen molar-refractivity contribution in [2.75, 3.05) is 5.43 Å². The van der Waals surface area contributed by atoms with Crippen LogP contribution >= 0.6 is 35.0 Å². The molecular formula is C24H16Cl2F2N4O2S. The van der Waals surface area contributed by atoms with Gasteiger partial charge in [-0.2, -0.15) is 8.78 Å². The van der Waals surface area contributed by atoms with E-state index < -0.39 is 17.9 Å². The van der Waals surface area contributed by atoms with E-state index in [4.69, 9.17) is 23.2 Å². The molecule has 0 saturated carbocycles. The van der Waals surface area contributed by atoms with Crippen LogP contribution in [0.4, 0.5) is 8.78 Å². The van der Waals surface area contributed by atoms with Gasteiger partial charge < -0.3 is 10.2 Å². The Hall–Kier alpha value is -3.14. The molecule has 1 aliphatic heterocycles. The zero-order chi connectivity index (χ0) is 24.5. The number of alkyl halides is 2. The average Bonchev–Trinajstić information content (AvgIpc) is 3.27. The summed E-state index contributed by atoms with van der Waals surface area (Å²) >= 11 is 13.4. The third kappa shape index (κ3) is 4.98. The van der Waals surface area contributed by atoms with Crippen LogP contribution in [0.5, 0.6) is 5.75 Å². The number of hydrogen-bond acceptors (Lipinski definition) is 6. The van der Waals surface area contributed by atoms with E-state index in [9.17, 15) is 13.6 Å². The number of nitrogens with one attached hydrogen (secondary N) is 1. The van der Waals surface area contributed by atoms with E-state index in [-0.39, 0.29) is 11.5 Å². The number of Topliss-reactive ketones (excluding diaryl/α,β-unsaturated/α-hetero) is 1. The van der Waals surface area contributed by atoms with Crippen molar-refractivity contribution in [1.29, 1.82) is 0 Å². The molecule has 0 amide bonds. The molecule has 1 N–H and O–H groups in total. The number of benzene rings is 3. The molecule has 5 rings (SSSR count). The molecule has 6 nitrogen and oxygen atoms in total. The number of carbonyl (C=O) groups is 1. The van der Waals surface area contributed by atoms with Crippen molar-refractivity contribution in [1.82, 2.24) is 14.9 Å². The van der Waals surface area contributed by atoms with Crippen molar-refractivity contribution in [3.63, 3.8) is 0 Å². The summed E-state index contributed by atoms with van der Waals surface area (Å²) in [5.41, 5.74) is 5.37. The molecule has 0 bridgehead atoms. The first-order valence-corrected chi connectivity index (χ1v) is 12.0. The average molecular weight is 533 g/mol. The highest BCUT2D eigenvalue weighted by Crippen LogP contribution is 2.40. The fourth-order valence-electron chi connectivity index (χ4n) is 3.73. The molecule has 2 heterocycles. The van der Waals surface area contributed by atoms with E-state index in [0.29, 0.717) is 26.6 Å². The van der Waals surface area contributed by atoms with E-state index in [1.807, 2.05) is 24.3 Å². The number of nitrogens with zero attached hydrogens (tertiary/aromatic N) is 3. The minimum atomic E-state index is -2.94. The van der Waals surface area contributed by atoms with Crippen LogP contribution in [-0.4, -0.2) is 32.5 Å². The van der Waals surface area contributed by atoms with Gasteiger partial charge in [0.15, 0.2) is 11.6 Å². The van der Waals surface area contributed by atoms with Gasteiger partial charge in [-0.05, 0) is 66.2 Å². The molecule has 0 unspecified atom stereocenters. The number of ether oxygens (including phenoxy) is 1. The fourth-order valence-corrected chi connectivity index (χ4v) is 5.14. The molecule has 0 fully saturated rings. The molecular weight excluding hydrogens is 517 g/mol. The molecule has 0 radical (unpaired) electrons. The van der Waals surface area contributed by atoms with Crippen molar-refractivity contribution in [2.45, 2.75) is 23.1 Å². The summed E-state index contributed by atoms with van der Waals surface area (Å²) in [6.07, 6.45) is 0. The molecule has 1 aromatic heterocycles. The normalized spacial score (nSPS) is 17.1. The van der Waals surface area contributed by atoms with Crippen LogP contribution in [0.1, 0.15) is 22.0 Å². The summed E-state index contributed by atoms with van der Waals surface area (Å²) in [4.78, 5) is 13.6. The number of fused-ring (bicyclic) bond motifs is 1. The van der Waals surface area contributed by atoms with E-state index >= 15 is 0 Å². The highest BCUT2D eigenvalue weighted by molar-refractivity contribution is 8.00. The largest absolute Gasteiger partial charge is 0.435 e. The topological polar surface area (TPSA) is 69.0 Å². The van der Waals surface area contributed by atoms with Gasteiger partial charge in [0, 0.05) is 21.2 Å². The number of aromatic nitrogens is 3. The molecule has 178 valence electrons. The third-order valence-corrected chi connectivity index (χ3v) is 7.11. The summed E-state index contributed by atoms with van der Waals surface area (Å²) in [6.45, 7) is -2.94. The van der Waals surface area contributed by atoms with Crippen molar-refractivity contribution in [2.24, 2.45) is 0 Å². The first-order chi connectivity index (χ1) is 16.9. The maximum Gasteiger partial charge on any atom is 0.387 e. The Labute approximate surface area is 213 Å². The Bertz CT molecular complexity index is 1350. The second-order valence-electron chi connectivity index (χ2n) is 7.61. The molecule has 3 aromatic carbocycles. The molecule has 2 atom stereocenters. The number of rotatable bonds is 6. The van der Waals surface area contributed by atoms with Crippen molar-refractivity contribution < 1.29 is 18.3 Å². The Kier molecular flexibility index (Phi) is 6.64. The Morgan fingerprint density at radius 1 is 0.943 bits per heavy atom. The molecule has 35 heavy (non-hydrogen) atoms. The molecule has 1 aliphatic rings. The molecule has 0 saturated heterocycles. The van der Waals surface area contributed by atoms with E-state index in [0.717, 1.165) is 11.1 Å². The van der Waals surface area contributed by atoms with Gasteiger partial charge in [0.1, 0.15) is 11.0 Å². The minimum Gasteiger partial charge on any atom is -0.435 e. The molecule has 0 spiro atoms.